The molecule has 0 saturated heterocycles. The van der Waals surface area contributed by atoms with Gasteiger partial charge in [-0.2, -0.15) is 0 Å². The lowest BCUT2D eigenvalue weighted by molar-refractivity contribution is 0.226. The van der Waals surface area contributed by atoms with Crippen LogP contribution >= 0.6 is 0 Å². The highest BCUT2D eigenvalue weighted by molar-refractivity contribution is 5.17. The van der Waals surface area contributed by atoms with E-state index in [-0.39, 0.29) is 0 Å². The zero-order valence-corrected chi connectivity index (χ0v) is 7.73. The highest BCUT2D eigenvalue weighted by atomic mass is 14.4. The van der Waals surface area contributed by atoms with Crippen molar-refractivity contribution >= 4 is 0 Å². The van der Waals surface area contributed by atoms with Gasteiger partial charge in [-0.1, -0.05) is 39.3 Å². The first-order valence-corrected chi connectivity index (χ1v) is 4.14. The van der Waals surface area contributed by atoms with Crippen molar-refractivity contribution in [2.24, 2.45) is 17.3 Å². The summed E-state index contributed by atoms with van der Waals surface area (Å²) in [7, 11) is 0. The molecular formula is C10H18. The van der Waals surface area contributed by atoms with Crippen LogP contribution in [-0.2, 0) is 0 Å². The SMILES string of the molecule is CC1=CC(C)C(C)(C)C1C. The molecule has 1 aliphatic rings. The number of hydrogen-bond acceptors (Lipinski definition) is 0. The van der Waals surface area contributed by atoms with E-state index in [1.807, 2.05) is 0 Å². The van der Waals surface area contributed by atoms with Gasteiger partial charge in [0.2, 0.25) is 0 Å². The minimum Gasteiger partial charge on any atom is -0.0819 e. The molecule has 0 aromatic rings. The standard InChI is InChI=1S/C10H18/c1-7-6-8(2)10(4,5)9(7)3/h6,8-9H,1-5H3. The van der Waals surface area contributed by atoms with Gasteiger partial charge >= 0.3 is 0 Å². The Morgan fingerprint density at radius 2 is 1.80 bits per heavy atom. The summed E-state index contributed by atoms with van der Waals surface area (Å²) in [5.74, 6) is 1.52. The Labute approximate surface area is 64.3 Å². The van der Waals surface area contributed by atoms with Crippen LogP contribution in [0.3, 0.4) is 0 Å². The van der Waals surface area contributed by atoms with Crippen LogP contribution in [0.1, 0.15) is 34.6 Å². The fourth-order valence-electron chi connectivity index (χ4n) is 1.73. The summed E-state index contributed by atoms with van der Waals surface area (Å²) in [5.41, 5.74) is 2.06. The molecule has 0 saturated carbocycles. The van der Waals surface area contributed by atoms with E-state index in [9.17, 15) is 0 Å². The van der Waals surface area contributed by atoms with Crippen LogP contribution in [0.4, 0.5) is 0 Å². The van der Waals surface area contributed by atoms with Gasteiger partial charge in [-0.25, -0.2) is 0 Å². The fraction of sp³-hybridized carbons (Fsp3) is 0.800. The van der Waals surface area contributed by atoms with Crippen molar-refractivity contribution in [2.75, 3.05) is 0 Å². The summed E-state index contributed by atoms with van der Waals surface area (Å²) >= 11 is 0. The lowest BCUT2D eigenvalue weighted by Crippen LogP contribution is -2.22. The van der Waals surface area contributed by atoms with E-state index in [0.717, 1.165) is 11.8 Å². The third-order valence-corrected chi connectivity index (χ3v) is 3.49. The Hall–Kier alpha value is -0.260. The van der Waals surface area contributed by atoms with E-state index in [2.05, 4.69) is 40.7 Å². The van der Waals surface area contributed by atoms with Crippen molar-refractivity contribution in [2.45, 2.75) is 34.6 Å². The molecule has 0 spiro atoms. The van der Waals surface area contributed by atoms with Crippen molar-refractivity contribution in [3.05, 3.63) is 11.6 Å². The molecule has 0 heterocycles. The van der Waals surface area contributed by atoms with E-state index in [1.165, 1.54) is 0 Å². The van der Waals surface area contributed by atoms with Crippen LogP contribution in [0.2, 0.25) is 0 Å². The zero-order valence-electron chi connectivity index (χ0n) is 7.73. The minimum absolute atomic E-state index is 0.490. The Morgan fingerprint density at radius 1 is 1.30 bits per heavy atom. The largest absolute Gasteiger partial charge is 0.0819 e. The molecule has 10 heavy (non-hydrogen) atoms. The van der Waals surface area contributed by atoms with Gasteiger partial charge in [-0.05, 0) is 24.2 Å². The molecule has 0 aromatic carbocycles. The van der Waals surface area contributed by atoms with Crippen molar-refractivity contribution < 1.29 is 0 Å². The van der Waals surface area contributed by atoms with Crippen LogP contribution in [0, 0.1) is 17.3 Å². The van der Waals surface area contributed by atoms with Crippen LogP contribution < -0.4 is 0 Å². The summed E-state index contributed by atoms with van der Waals surface area (Å²) in [5, 5.41) is 0. The smallest absolute Gasteiger partial charge is 0.0177 e. The van der Waals surface area contributed by atoms with Gasteiger partial charge in [-0.15, -0.1) is 0 Å². The Morgan fingerprint density at radius 3 is 1.90 bits per heavy atom. The maximum atomic E-state index is 2.41. The summed E-state index contributed by atoms with van der Waals surface area (Å²) in [6, 6.07) is 0. The molecule has 0 aliphatic heterocycles. The van der Waals surface area contributed by atoms with E-state index in [1.54, 1.807) is 5.57 Å². The topological polar surface area (TPSA) is 0 Å². The maximum absolute atomic E-state index is 2.41. The molecular weight excluding hydrogens is 120 g/mol. The van der Waals surface area contributed by atoms with Gasteiger partial charge in [0, 0.05) is 0 Å². The highest BCUT2D eigenvalue weighted by Crippen LogP contribution is 2.45. The summed E-state index contributed by atoms with van der Waals surface area (Å²) in [6.45, 7) is 11.6. The van der Waals surface area contributed by atoms with Crippen molar-refractivity contribution in [3.8, 4) is 0 Å². The molecule has 0 heteroatoms. The van der Waals surface area contributed by atoms with E-state index < -0.39 is 0 Å². The molecule has 0 N–H and O–H groups in total. The van der Waals surface area contributed by atoms with Crippen molar-refractivity contribution in [1.29, 1.82) is 0 Å². The van der Waals surface area contributed by atoms with Crippen molar-refractivity contribution in [1.82, 2.24) is 0 Å². The van der Waals surface area contributed by atoms with Crippen LogP contribution in [0.25, 0.3) is 0 Å². The predicted octanol–water partition coefficient (Wildman–Crippen LogP) is 3.24. The monoisotopic (exact) mass is 138 g/mol. The first-order chi connectivity index (χ1) is 4.46. The van der Waals surface area contributed by atoms with Gasteiger partial charge in [0.1, 0.15) is 0 Å². The molecule has 2 unspecified atom stereocenters. The maximum Gasteiger partial charge on any atom is -0.0177 e. The Kier molecular flexibility index (Phi) is 1.66. The number of hydrogen-bond donors (Lipinski definition) is 0. The first-order valence-electron chi connectivity index (χ1n) is 4.14. The third kappa shape index (κ3) is 0.902. The molecule has 0 bridgehead atoms. The Balaban J connectivity index is 2.87. The second-order valence-electron chi connectivity index (χ2n) is 4.24. The summed E-state index contributed by atoms with van der Waals surface area (Å²) < 4.78 is 0. The Bertz CT molecular complexity index is 163. The fourth-order valence-corrected chi connectivity index (χ4v) is 1.73. The van der Waals surface area contributed by atoms with E-state index >= 15 is 0 Å². The van der Waals surface area contributed by atoms with Gasteiger partial charge in [0.15, 0.2) is 0 Å². The number of rotatable bonds is 0. The molecule has 0 aromatic heterocycles. The normalized spacial score (nSPS) is 37.9. The molecule has 0 fully saturated rings. The van der Waals surface area contributed by atoms with Crippen LogP contribution in [0.5, 0.6) is 0 Å². The van der Waals surface area contributed by atoms with Crippen LogP contribution in [-0.4, -0.2) is 0 Å². The highest BCUT2D eigenvalue weighted by Gasteiger charge is 2.36. The lowest BCUT2D eigenvalue weighted by atomic mass is 9.75. The molecule has 0 nitrogen and oxygen atoms in total. The van der Waals surface area contributed by atoms with Crippen LogP contribution in [0.15, 0.2) is 11.6 Å². The summed E-state index contributed by atoms with van der Waals surface area (Å²) in [6.07, 6.45) is 2.41. The second-order valence-corrected chi connectivity index (χ2v) is 4.24. The number of allylic oxidation sites excluding steroid dienone is 2. The van der Waals surface area contributed by atoms with Gasteiger partial charge in [0.05, 0.1) is 0 Å². The molecule has 0 radical (unpaired) electrons. The summed E-state index contributed by atoms with van der Waals surface area (Å²) in [4.78, 5) is 0. The van der Waals surface area contributed by atoms with Gasteiger partial charge < -0.3 is 0 Å². The van der Waals surface area contributed by atoms with Gasteiger partial charge in [0.25, 0.3) is 0 Å². The average molecular weight is 138 g/mol. The average Bonchev–Trinajstić information content (AvgIpc) is 1.97. The van der Waals surface area contributed by atoms with E-state index in [4.69, 9.17) is 0 Å². The quantitative estimate of drug-likeness (QED) is 0.451. The second kappa shape index (κ2) is 2.11. The molecule has 1 aliphatic carbocycles. The molecule has 58 valence electrons. The predicted molar refractivity (Wildman–Crippen MR) is 45.9 cm³/mol. The molecule has 1 rings (SSSR count). The zero-order chi connectivity index (χ0) is 7.94. The van der Waals surface area contributed by atoms with Crippen molar-refractivity contribution in [3.63, 3.8) is 0 Å². The lowest BCUT2D eigenvalue weighted by Gasteiger charge is -2.29. The third-order valence-electron chi connectivity index (χ3n) is 3.49. The minimum atomic E-state index is 0.490. The molecule has 2 atom stereocenters. The van der Waals surface area contributed by atoms with Gasteiger partial charge in [-0.3, -0.25) is 0 Å². The first kappa shape index (κ1) is 7.84. The molecule has 0 amide bonds. The van der Waals surface area contributed by atoms with E-state index in [0.29, 0.717) is 5.41 Å².